The first-order chi connectivity index (χ1) is 6.22. The summed E-state index contributed by atoms with van der Waals surface area (Å²) in [6, 6.07) is 0.622. The van der Waals surface area contributed by atoms with Gasteiger partial charge in [-0.25, -0.2) is 0 Å². The summed E-state index contributed by atoms with van der Waals surface area (Å²) in [5, 5.41) is 12.8. The Morgan fingerprint density at radius 2 is 2.00 bits per heavy atom. The molecule has 0 heterocycles. The predicted octanol–water partition coefficient (Wildman–Crippen LogP) is 2.27. The van der Waals surface area contributed by atoms with E-state index in [0.717, 1.165) is 18.8 Å². The number of rotatable bonds is 7. The topological polar surface area (TPSA) is 32.3 Å². The quantitative estimate of drug-likeness (QED) is 0.596. The molecule has 1 fully saturated rings. The van der Waals surface area contributed by atoms with Gasteiger partial charge in [0, 0.05) is 6.04 Å². The van der Waals surface area contributed by atoms with Crippen LogP contribution in [0.15, 0.2) is 0 Å². The standard InChI is InChI=1S/C11H23NO/c1-3-4-9(2)5-8-11(13)12-10-6-7-10/h9-13H,3-8H2,1-2H3. The largest absolute Gasteiger partial charge is 0.379 e. The van der Waals surface area contributed by atoms with Gasteiger partial charge >= 0.3 is 0 Å². The van der Waals surface area contributed by atoms with Crippen molar-refractivity contribution in [2.24, 2.45) is 5.92 Å². The molecule has 0 aromatic carbocycles. The van der Waals surface area contributed by atoms with Crippen molar-refractivity contribution in [3.05, 3.63) is 0 Å². The van der Waals surface area contributed by atoms with Crippen LogP contribution in [0.25, 0.3) is 0 Å². The molecule has 2 heteroatoms. The van der Waals surface area contributed by atoms with Crippen LogP contribution in [0.4, 0.5) is 0 Å². The van der Waals surface area contributed by atoms with Gasteiger partial charge in [-0.2, -0.15) is 0 Å². The average molecular weight is 185 g/mol. The number of nitrogens with one attached hydrogen (secondary N) is 1. The Hall–Kier alpha value is -0.0800. The zero-order valence-electron chi connectivity index (χ0n) is 8.92. The lowest BCUT2D eigenvalue weighted by atomic mass is 10.00. The van der Waals surface area contributed by atoms with Gasteiger partial charge in [-0.1, -0.05) is 26.7 Å². The third kappa shape index (κ3) is 5.27. The lowest BCUT2D eigenvalue weighted by Crippen LogP contribution is -2.30. The fourth-order valence-electron chi connectivity index (χ4n) is 1.68. The molecule has 0 aromatic heterocycles. The van der Waals surface area contributed by atoms with Gasteiger partial charge in [0.05, 0.1) is 0 Å². The minimum absolute atomic E-state index is 0.258. The van der Waals surface area contributed by atoms with Gasteiger partial charge in [-0.15, -0.1) is 0 Å². The molecule has 2 N–H and O–H groups in total. The van der Waals surface area contributed by atoms with E-state index < -0.39 is 0 Å². The minimum Gasteiger partial charge on any atom is -0.379 e. The number of hydrogen-bond acceptors (Lipinski definition) is 2. The molecule has 0 aromatic rings. The molecule has 2 nitrogen and oxygen atoms in total. The van der Waals surface area contributed by atoms with Gasteiger partial charge in [0.25, 0.3) is 0 Å². The fraction of sp³-hybridized carbons (Fsp3) is 1.00. The highest BCUT2D eigenvalue weighted by Gasteiger charge is 2.23. The summed E-state index contributed by atoms with van der Waals surface area (Å²) >= 11 is 0. The van der Waals surface area contributed by atoms with E-state index in [4.69, 9.17) is 0 Å². The van der Waals surface area contributed by atoms with E-state index in [1.165, 1.54) is 25.7 Å². The summed E-state index contributed by atoms with van der Waals surface area (Å²) in [6.45, 7) is 4.49. The molecule has 1 saturated carbocycles. The van der Waals surface area contributed by atoms with Crippen LogP contribution < -0.4 is 5.32 Å². The van der Waals surface area contributed by atoms with Gasteiger partial charge < -0.3 is 5.11 Å². The molecule has 0 bridgehead atoms. The van der Waals surface area contributed by atoms with Crippen LogP contribution in [-0.2, 0) is 0 Å². The molecule has 78 valence electrons. The maximum Gasteiger partial charge on any atom is 0.105 e. The molecule has 0 amide bonds. The average Bonchev–Trinajstić information content (AvgIpc) is 2.85. The van der Waals surface area contributed by atoms with Gasteiger partial charge in [-0.05, 0) is 31.6 Å². The van der Waals surface area contributed by atoms with Gasteiger partial charge in [0.2, 0.25) is 0 Å². The molecule has 0 saturated heterocycles. The van der Waals surface area contributed by atoms with Crippen LogP contribution in [0.5, 0.6) is 0 Å². The molecular weight excluding hydrogens is 162 g/mol. The Kier molecular flexibility index (Phi) is 4.74. The zero-order chi connectivity index (χ0) is 9.68. The smallest absolute Gasteiger partial charge is 0.105 e. The molecule has 0 spiro atoms. The molecule has 1 rings (SSSR count). The first kappa shape index (κ1) is 11.0. The third-order valence-electron chi connectivity index (χ3n) is 2.72. The van der Waals surface area contributed by atoms with Crippen molar-refractivity contribution in [2.75, 3.05) is 0 Å². The Balaban J connectivity index is 1.96. The highest BCUT2D eigenvalue weighted by atomic mass is 16.3. The van der Waals surface area contributed by atoms with Crippen molar-refractivity contribution in [3.8, 4) is 0 Å². The summed E-state index contributed by atoms with van der Waals surface area (Å²) in [4.78, 5) is 0. The minimum atomic E-state index is -0.258. The molecule has 0 aliphatic heterocycles. The Bertz CT molecular complexity index is 134. The number of aliphatic hydroxyl groups is 1. The second kappa shape index (κ2) is 5.61. The van der Waals surface area contributed by atoms with E-state index in [-0.39, 0.29) is 6.23 Å². The van der Waals surface area contributed by atoms with Crippen molar-refractivity contribution >= 4 is 0 Å². The Morgan fingerprint density at radius 1 is 1.31 bits per heavy atom. The van der Waals surface area contributed by atoms with Crippen LogP contribution in [0.2, 0.25) is 0 Å². The highest BCUT2D eigenvalue weighted by Crippen LogP contribution is 2.20. The molecule has 0 radical (unpaired) electrons. The normalized spacial score (nSPS) is 21.5. The van der Waals surface area contributed by atoms with Crippen molar-refractivity contribution in [2.45, 2.75) is 64.6 Å². The van der Waals surface area contributed by atoms with Crippen molar-refractivity contribution < 1.29 is 5.11 Å². The third-order valence-corrected chi connectivity index (χ3v) is 2.72. The van der Waals surface area contributed by atoms with Crippen LogP contribution in [0.1, 0.15) is 52.4 Å². The van der Waals surface area contributed by atoms with E-state index in [2.05, 4.69) is 19.2 Å². The molecule has 1 aliphatic carbocycles. The van der Waals surface area contributed by atoms with E-state index in [1.807, 2.05) is 0 Å². The van der Waals surface area contributed by atoms with Crippen molar-refractivity contribution in [1.82, 2.24) is 5.32 Å². The maximum atomic E-state index is 9.57. The van der Waals surface area contributed by atoms with Crippen molar-refractivity contribution in [1.29, 1.82) is 0 Å². The van der Waals surface area contributed by atoms with Gasteiger partial charge in [0.15, 0.2) is 0 Å². The Labute approximate surface area is 81.7 Å². The summed E-state index contributed by atoms with van der Waals surface area (Å²) in [5.74, 6) is 0.764. The van der Waals surface area contributed by atoms with Gasteiger partial charge in [0.1, 0.15) is 6.23 Å². The molecule has 13 heavy (non-hydrogen) atoms. The zero-order valence-corrected chi connectivity index (χ0v) is 8.92. The highest BCUT2D eigenvalue weighted by molar-refractivity contribution is 4.81. The van der Waals surface area contributed by atoms with Crippen LogP contribution in [0, 0.1) is 5.92 Å². The molecular formula is C11H23NO. The second-order valence-corrected chi connectivity index (χ2v) is 4.43. The Morgan fingerprint density at radius 3 is 2.54 bits per heavy atom. The summed E-state index contributed by atoms with van der Waals surface area (Å²) < 4.78 is 0. The summed E-state index contributed by atoms with van der Waals surface area (Å²) in [5.41, 5.74) is 0. The van der Waals surface area contributed by atoms with Gasteiger partial charge in [-0.3, -0.25) is 5.32 Å². The lowest BCUT2D eigenvalue weighted by molar-refractivity contribution is 0.117. The van der Waals surface area contributed by atoms with E-state index in [9.17, 15) is 5.11 Å². The lowest BCUT2D eigenvalue weighted by Gasteiger charge is -2.15. The van der Waals surface area contributed by atoms with Crippen LogP contribution >= 0.6 is 0 Å². The number of aliphatic hydroxyl groups excluding tert-OH is 1. The molecule has 2 atom stereocenters. The molecule has 2 unspecified atom stereocenters. The summed E-state index contributed by atoms with van der Waals surface area (Å²) in [6.07, 6.45) is 6.85. The van der Waals surface area contributed by atoms with Crippen LogP contribution in [-0.4, -0.2) is 17.4 Å². The van der Waals surface area contributed by atoms with Crippen LogP contribution in [0.3, 0.4) is 0 Å². The monoisotopic (exact) mass is 185 g/mol. The first-order valence-electron chi connectivity index (χ1n) is 5.66. The van der Waals surface area contributed by atoms with E-state index in [1.54, 1.807) is 0 Å². The first-order valence-corrected chi connectivity index (χ1v) is 5.66. The van der Waals surface area contributed by atoms with Crippen molar-refractivity contribution in [3.63, 3.8) is 0 Å². The maximum absolute atomic E-state index is 9.57. The molecule has 1 aliphatic rings. The number of hydrogen-bond donors (Lipinski definition) is 2. The van der Waals surface area contributed by atoms with E-state index >= 15 is 0 Å². The summed E-state index contributed by atoms with van der Waals surface area (Å²) in [7, 11) is 0. The second-order valence-electron chi connectivity index (χ2n) is 4.43. The predicted molar refractivity (Wildman–Crippen MR) is 55.5 cm³/mol. The fourth-order valence-corrected chi connectivity index (χ4v) is 1.68. The van der Waals surface area contributed by atoms with E-state index in [0.29, 0.717) is 6.04 Å². The SMILES string of the molecule is CCCC(C)CCC(O)NC1CC1.